The summed E-state index contributed by atoms with van der Waals surface area (Å²) >= 11 is 0. The van der Waals surface area contributed by atoms with Crippen LogP contribution in [0.1, 0.15) is 63.7 Å². The number of para-hydroxylation sites is 1. The van der Waals surface area contributed by atoms with Crippen LogP contribution >= 0.6 is 0 Å². The number of benzene rings is 1. The van der Waals surface area contributed by atoms with Gasteiger partial charge in [0.1, 0.15) is 31.1 Å². The normalized spacial score (nSPS) is 14.9. The van der Waals surface area contributed by atoms with Gasteiger partial charge >= 0.3 is 29.8 Å². The number of aliphatic hydroxyl groups is 1. The molecule has 0 heterocycles. The average molecular weight is 639 g/mol. The fourth-order valence-corrected chi connectivity index (χ4v) is 4.98. The summed E-state index contributed by atoms with van der Waals surface area (Å²) in [5.74, 6) is -5.15. The van der Waals surface area contributed by atoms with E-state index in [9.17, 15) is 29.1 Å². The fraction of sp³-hybridized carbons (Fsp3) is 0.594. The van der Waals surface area contributed by atoms with E-state index >= 15 is 0 Å². The first kappa shape index (κ1) is 39.1. The number of methoxy groups -OCH3 is 1. The lowest BCUT2D eigenvalue weighted by Gasteiger charge is -2.37. The second-order valence-corrected chi connectivity index (χ2v) is 11.1. The Labute approximate surface area is 263 Å². The average Bonchev–Trinajstić information content (AvgIpc) is 3.02. The van der Waals surface area contributed by atoms with Gasteiger partial charge in [0.2, 0.25) is 0 Å². The largest absolute Gasteiger partial charge is 0.481 e. The van der Waals surface area contributed by atoms with E-state index < -0.39 is 59.1 Å². The third-order valence-corrected chi connectivity index (χ3v) is 7.21. The van der Waals surface area contributed by atoms with Gasteiger partial charge in [0.25, 0.3) is 0 Å². The molecule has 13 heteroatoms. The monoisotopic (exact) mass is 638 g/mol. The number of aliphatic hydroxyl groups excluding tert-OH is 1. The van der Waals surface area contributed by atoms with Gasteiger partial charge in [-0.1, -0.05) is 38.6 Å². The third-order valence-electron chi connectivity index (χ3n) is 7.21. The highest BCUT2D eigenvalue weighted by Gasteiger charge is 2.48. The molecule has 0 spiro atoms. The lowest BCUT2D eigenvalue weighted by atomic mass is 9.66. The Balaban J connectivity index is 2.80. The number of carbonyl (C=O) groups is 5. The molecule has 0 saturated heterocycles. The summed E-state index contributed by atoms with van der Waals surface area (Å²) in [6.45, 7) is 8.56. The molecule has 0 aliphatic rings. The SMILES string of the molecule is C=CCOC(=O)c1ccccc1OCOCCOC(=O)C(C)CC(C)(CC(C)(CC(CC)C(=O)OC)C(=O)OCCO)C(=O)O. The van der Waals surface area contributed by atoms with Gasteiger partial charge in [0.15, 0.2) is 6.79 Å². The van der Waals surface area contributed by atoms with E-state index in [0.717, 1.165) is 0 Å². The molecule has 4 unspecified atom stereocenters. The zero-order chi connectivity index (χ0) is 34.0. The van der Waals surface area contributed by atoms with Crippen molar-refractivity contribution in [3.8, 4) is 5.75 Å². The Morgan fingerprint density at radius 2 is 1.64 bits per heavy atom. The molecule has 1 aromatic rings. The molecular weight excluding hydrogens is 592 g/mol. The van der Waals surface area contributed by atoms with Crippen LogP contribution in [0.2, 0.25) is 0 Å². The molecule has 0 saturated carbocycles. The Bertz CT molecular complexity index is 1150. The number of esters is 4. The summed E-state index contributed by atoms with van der Waals surface area (Å²) in [5.41, 5.74) is -2.84. The summed E-state index contributed by atoms with van der Waals surface area (Å²) in [6.07, 6.45) is 1.29. The van der Waals surface area contributed by atoms with Crippen LogP contribution in [-0.4, -0.2) is 87.0 Å². The smallest absolute Gasteiger partial charge is 0.342 e. The molecule has 0 aliphatic carbocycles. The van der Waals surface area contributed by atoms with Gasteiger partial charge in [-0.3, -0.25) is 19.2 Å². The van der Waals surface area contributed by atoms with Crippen molar-refractivity contribution < 1.29 is 62.6 Å². The van der Waals surface area contributed by atoms with Crippen LogP contribution in [0, 0.1) is 22.7 Å². The summed E-state index contributed by atoms with van der Waals surface area (Å²) in [4.78, 5) is 62.8. The van der Waals surface area contributed by atoms with Crippen molar-refractivity contribution in [3.05, 3.63) is 42.5 Å². The second-order valence-electron chi connectivity index (χ2n) is 11.1. The lowest BCUT2D eigenvalue weighted by molar-refractivity contribution is -0.165. The van der Waals surface area contributed by atoms with Gasteiger partial charge < -0.3 is 38.6 Å². The van der Waals surface area contributed by atoms with Gasteiger partial charge in [-0.15, -0.1) is 0 Å². The fourth-order valence-electron chi connectivity index (χ4n) is 4.98. The molecule has 1 aromatic carbocycles. The molecule has 0 aromatic heterocycles. The van der Waals surface area contributed by atoms with Crippen LogP contribution in [0.3, 0.4) is 0 Å². The Morgan fingerprint density at radius 1 is 0.956 bits per heavy atom. The molecule has 0 amide bonds. The summed E-state index contributed by atoms with van der Waals surface area (Å²) in [6, 6.07) is 6.44. The minimum Gasteiger partial charge on any atom is -0.481 e. The minimum absolute atomic E-state index is 0.0432. The number of hydrogen-bond donors (Lipinski definition) is 2. The van der Waals surface area contributed by atoms with Gasteiger partial charge in [-0.25, -0.2) is 4.79 Å². The highest BCUT2D eigenvalue weighted by molar-refractivity contribution is 5.92. The molecule has 0 fully saturated rings. The predicted octanol–water partition coefficient (Wildman–Crippen LogP) is 3.56. The summed E-state index contributed by atoms with van der Waals surface area (Å²) < 4.78 is 31.2. The lowest BCUT2D eigenvalue weighted by Crippen LogP contribution is -2.43. The molecule has 2 N–H and O–H groups in total. The van der Waals surface area contributed by atoms with Crippen molar-refractivity contribution >= 4 is 29.8 Å². The van der Waals surface area contributed by atoms with E-state index in [0.29, 0.717) is 6.42 Å². The molecular formula is C32H46O13. The molecule has 4 atom stereocenters. The minimum atomic E-state index is -1.59. The van der Waals surface area contributed by atoms with Gasteiger partial charge in [-0.2, -0.15) is 0 Å². The number of carboxylic acid groups (broad SMARTS) is 1. The van der Waals surface area contributed by atoms with Crippen LogP contribution < -0.4 is 4.74 Å². The van der Waals surface area contributed by atoms with Crippen LogP contribution in [-0.2, 0) is 42.9 Å². The quantitative estimate of drug-likeness (QED) is 0.0619. The van der Waals surface area contributed by atoms with Crippen molar-refractivity contribution in [3.63, 3.8) is 0 Å². The van der Waals surface area contributed by atoms with E-state index in [1.54, 1.807) is 25.1 Å². The molecule has 1 rings (SSSR count). The predicted molar refractivity (Wildman–Crippen MR) is 160 cm³/mol. The number of carbonyl (C=O) groups excluding carboxylic acids is 4. The van der Waals surface area contributed by atoms with Crippen LogP contribution in [0.15, 0.2) is 36.9 Å². The maximum absolute atomic E-state index is 13.1. The maximum Gasteiger partial charge on any atom is 0.342 e. The van der Waals surface area contributed by atoms with Crippen molar-refractivity contribution in [2.75, 3.05) is 46.9 Å². The number of aliphatic carboxylic acids is 1. The van der Waals surface area contributed by atoms with E-state index in [2.05, 4.69) is 6.58 Å². The zero-order valence-corrected chi connectivity index (χ0v) is 26.7. The first-order valence-corrected chi connectivity index (χ1v) is 14.6. The zero-order valence-electron chi connectivity index (χ0n) is 26.7. The first-order chi connectivity index (χ1) is 21.3. The molecule has 0 radical (unpaired) electrons. The van der Waals surface area contributed by atoms with Crippen LogP contribution in [0.5, 0.6) is 5.75 Å². The first-order valence-electron chi connectivity index (χ1n) is 14.6. The third kappa shape index (κ3) is 12.5. The number of carboxylic acids is 1. The van der Waals surface area contributed by atoms with Gasteiger partial charge in [0, 0.05) is 0 Å². The van der Waals surface area contributed by atoms with Crippen LogP contribution in [0.25, 0.3) is 0 Å². The van der Waals surface area contributed by atoms with Crippen molar-refractivity contribution in [2.24, 2.45) is 22.7 Å². The maximum atomic E-state index is 13.1. The van der Waals surface area contributed by atoms with Crippen molar-refractivity contribution in [2.45, 2.75) is 53.4 Å². The van der Waals surface area contributed by atoms with E-state index in [-0.39, 0.29) is 63.8 Å². The Morgan fingerprint density at radius 3 is 2.24 bits per heavy atom. The Kier molecular flexibility index (Phi) is 16.9. The Hall–Kier alpha value is -3.97. The molecule has 0 aliphatic heterocycles. The second kappa shape index (κ2) is 19.4. The molecule has 45 heavy (non-hydrogen) atoms. The number of hydrogen-bond acceptors (Lipinski definition) is 12. The number of rotatable bonds is 22. The highest BCUT2D eigenvalue weighted by atomic mass is 16.7. The van der Waals surface area contributed by atoms with Crippen molar-refractivity contribution in [1.82, 2.24) is 0 Å². The standard InChI is InChI=1S/C32H46O13/c1-7-14-42-28(36)24-11-9-10-12-25(24)45-21-41-16-17-43-26(34)22(3)18-31(4,29(37)38)20-32(5,30(39)44-15-13-33)19-23(8-2)27(35)40-6/h7,9-12,22-23,33H,1,8,13-21H2,2-6H3,(H,37,38). The molecule has 13 nitrogen and oxygen atoms in total. The van der Waals surface area contributed by atoms with E-state index in [1.807, 2.05) is 0 Å². The van der Waals surface area contributed by atoms with E-state index in [1.165, 1.54) is 40.0 Å². The molecule has 252 valence electrons. The van der Waals surface area contributed by atoms with Crippen LogP contribution in [0.4, 0.5) is 0 Å². The highest BCUT2D eigenvalue weighted by Crippen LogP contribution is 2.44. The van der Waals surface area contributed by atoms with E-state index in [4.69, 9.17) is 33.5 Å². The summed E-state index contributed by atoms with van der Waals surface area (Å²) in [5, 5.41) is 19.3. The van der Waals surface area contributed by atoms with Gasteiger partial charge in [-0.05, 0) is 51.7 Å². The topological polar surface area (TPSA) is 181 Å². The van der Waals surface area contributed by atoms with Gasteiger partial charge in [0.05, 0.1) is 43.0 Å². The molecule has 0 bridgehead atoms. The number of ether oxygens (including phenoxy) is 6. The summed E-state index contributed by atoms with van der Waals surface area (Å²) in [7, 11) is 1.22. The van der Waals surface area contributed by atoms with Crippen molar-refractivity contribution in [1.29, 1.82) is 0 Å².